The van der Waals surface area contributed by atoms with Crippen molar-refractivity contribution in [3.63, 3.8) is 0 Å². The first-order valence-corrected chi connectivity index (χ1v) is 21.2. The van der Waals surface area contributed by atoms with Crippen LogP contribution in [0.1, 0.15) is 81.6 Å². The number of pyridine rings is 1. The summed E-state index contributed by atoms with van der Waals surface area (Å²) >= 11 is 0. The number of alkyl halides is 1. The summed E-state index contributed by atoms with van der Waals surface area (Å²) in [7, 11) is 5.16. The van der Waals surface area contributed by atoms with Crippen molar-refractivity contribution in [3.05, 3.63) is 37.1 Å². The minimum absolute atomic E-state index is 0.206. The lowest BCUT2D eigenvalue weighted by molar-refractivity contribution is -0.296. The number of hydrazine groups is 1. The number of halogens is 1. The van der Waals surface area contributed by atoms with Crippen LogP contribution in [0.5, 0.6) is 0 Å². The summed E-state index contributed by atoms with van der Waals surface area (Å²) in [6, 6.07) is 2.05. The Kier molecular flexibility index (Phi) is 14.9. The predicted octanol–water partition coefficient (Wildman–Crippen LogP) is 4.24. The van der Waals surface area contributed by atoms with Crippen LogP contribution in [0.15, 0.2) is 37.1 Å². The number of hydrogen-bond donors (Lipinski definition) is 2. The number of nitrogens with two attached hydrogens (primary N) is 1. The van der Waals surface area contributed by atoms with Gasteiger partial charge >= 0.3 is 12.1 Å². The van der Waals surface area contributed by atoms with Gasteiger partial charge in [-0.05, 0) is 91.9 Å². The van der Waals surface area contributed by atoms with Gasteiger partial charge < -0.3 is 44.0 Å². The maximum absolute atomic E-state index is 16.9. The molecule has 5 rings (SSSR count). The Morgan fingerprint density at radius 3 is 2.43 bits per heavy atom. The van der Waals surface area contributed by atoms with Crippen molar-refractivity contribution in [3.8, 4) is 11.3 Å². The molecule has 60 heavy (non-hydrogen) atoms. The highest BCUT2D eigenvalue weighted by atomic mass is 19.1. The van der Waals surface area contributed by atoms with Gasteiger partial charge in [0.1, 0.15) is 12.2 Å². The van der Waals surface area contributed by atoms with Crippen LogP contribution in [0.4, 0.5) is 9.18 Å². The van der Waals surface area contributed by atoms with Crippen LogP contribution in [0, 0.1) is 17.8 Å². The SMILES string of the molecule is CCN(CCCn1cnc(-c2cccnc2)c1)N1C(=O)O[C@]2(C)[C@H](C)OC(=O)C(C)(F)C(=O)[C@H](C)[C@@H](O[C@@H]3O[C@H](C)C[C@H](N(C)C)[C@H]3O)[C@@](C)(OC)C[C@@H](C)C(N)[C@@H](C)[C@@H]12. The number of aliphatic hydroxyl groups excluding tert-OH is 1. The monoisotopic (exact) mass is 846 g/mol. The van der Waals surface area contributed by atoms with Crippen molar-refractivity contribution in [1.82, 2.24) is 29.5 Å². The molecule has 0 saturated carbocycles. The van der Waals surface area contributed by atoms with Crippen LogP contribution in [0.25, 0.3) is 11.3 Å². The van der Waals surface area contributed by atoms with E-state index in [9.17, 15) is 19.5 Å². The van der Waals surface area contributed by atoms with Gasteiger partial charge in [0.15, 0.2) is 17.7 Å². The van der Waals surface area contributed by atoms with Gasteiger partial charge in [-0.2, -0.15) is 0 Å². The summed E-state index contributed by atoms with van der Waals surface area (Å²) < 4.78 is 49.7. The second-order valence-corrected chi connectivity index (χ2v) is 17.9. The van der Waals surface area contributed by atoms with Crippen LogP contribution >= 0.6 is 0 Å². The molecule has 0 radical (unpaired) electrons. The second kappa shape index (κ2) is 18.8. The van der Waals surface area contributed by atoms with E-state index in [1.165, 1.54) is 21.0 Å². The van der Waals surface area contributed by atoms with Crippen molar-refractivity contribution in [2.24, 2.45) is 23.5 Å². The fraction of sp³-hybridized carbons (Fsp3) is 0.744. The summed E-state index contributed by atoms with van der Waals surface area (Å²) in [6.07, 6.45) is 2.80. The predicted molar refractivity (Wildman–Crippen MR) is 221 cm³/mol. The number of aryl methyl sites for hydroxylation is 1. The smallest absolute Gasteiger partial charge is 0.425 e. The molecule has 0 aliphatic carbocycles. The number of Topliss-reactive ketones (excluding diaryl/α,β-unsaturated/α-hetero) is 1. The highest BCUT2D eigenvalue weighted by Crippen LogP contribution is 2.44. The Balaban J connectivity index is 1.48. The number of aromatic nitrogens is 3. The molecule has 3 aliphatic rings. The number of rotatable bonds is 11. The quantitative estimate of drug-likeness (QED) is 0.242. The molecule has 0 spiro atoms. The lowest BCUT2D eigenvalue weighted by Crippen LogP contribution is -2.64. The molecule has 2 unspecified atom stereocenters. The van der Waals surface area contributed by atoms with Crippen molar-refractivity contribution in [1.29, 1.82) is 0 Å². The Bertz CT molecular complexity index is 1790. The maximum atomic E-state index is 16.9. The van der Waals surface area contributed by atoms with Crippen molar-refractivity contribution in [2.45, 2.75) is 154 Å². The van der Waals surface area contributed by atoms with E-state index in [-0.39, 0.29) is 24.5 Å². The van der Waals surface area contributed by atoms with E-state index < -0.39 is 83.2 Å². The van der Waals surface area contributed by atoms with E-state index in [0.717, 1.165) is 18.2 Å². The van der Waals surface area contributed by atoms with Gasteiger partial charge in [0.05, 0.1) is 35.9 Å². The minimum atomic E-state index is -3.15. The molecule has 3 N–H and O–H groups in total. The topological polar surface area (TPSA) is 184 Å². The summed E-state index contributed by atoms with van der Waals surface area (Å²) in [6.45, 7) is 16.4. The van der Waals surface area contributed by atoms with E-state index >= 15 is 4.39 Å². The number of methoxy groups -OCH3 is 1. The molecular formula is C43H68FN7O9. The number of ketones is 1. The number of esters is 1. The molecular weight excluding hydrogens is 778 g/mol. The first-order chi connectivity index (χ1) is 28.1. The summed E-state index contributed by atoms with van der Waals surface area (Å²) in [5.74, 6) is -4.68. The Morgan fingerprint density at radius 2 is 1.82 bits per heavy atom. The molecule has 14 atom stereocenters. The third kappa shape index (κ3) is 9.42. The number of hydrogen-bond acceptors (Lipinski definition) is 14. The maximum Gasteiger partial charge on any atom is 0.425 e. The molecule has 3 saturated heterocycles. The molecule has 3 aliphatic heterocycles. The molecule has 336 valence electrons. The number of aliphatic hydroxyl groups is 1. The summed E-state index contributed by atoms with van der Waals surface area (Å²) in [5, 5.41) is 14.9. The number of carbonyl (C=O) groups is 3. The number of ether oxygens (including phenoxy) is 5. The molecule has 16 nitrogen and oxygen atoms in total. The van der Waals surface area contributed by atoms with E-state index in [1.54, 1.807) is 37.6 Å². The molecule has 17 heteroatoms. The Morgan fingerprint density at radius 1 is 1.12 bits per heavy atom. The number of likely N-dealkylation sites (N-methyl/N-ethyl adjacent to an activating group) is 1. The highest BCUT2D eigenvalue weighted by Gasteiger charge is 2.62. The van der Waals surface area contributed by atoms with E-state index in [1.807, 2.05) is 74.6 Å². The molecule has 2 aromatic rings. The van der Waals surface area contributed by atoms with Gasteiger partial charge in [-0.3, -0.25) is 9.78 Å². The van der Waals surface area contributed by atoms with Gasteiger partial charge in [-0.25, -0.2) is 29.0 Å². The Hall–Kier alpha value is -3.58. The highest BCUT2D eigenvalue weighted by molar-refractivity contribution is 6.07. The van der Waals surface area contributed by atoms with Crippen LogP contribution in [0.3, 0.4) is 0 Å². The van der Waals surface area contributed by atoms with Crippen LogP contribution < -0.4 is 5.73 Å². The third-order valence-corrected chi connectivity index (χ3v) is 13.4. The van der Waals surface area contributed by atoms with Crippen molar-refractivity contribution < 1.29 is 47.6 Å². The fourth-order valence-electron chi connectivity index (χ4n) is 9.47. The zero-order valence-corrected chi connectivity index (χ0v) is 37.4. The number of cyclic esters (lactones) is 1. The van der Waals surface area contributed by atoms with Gasteiger partial charge in [0.2, 0.25) is 0 Å². The van der Waals surface area contributed by atoms with Gasteiger partial charge in [0.25, 0.3) is 5.67 Å². The zero-order valence-electron chi connectivity index (χ0n) is 37.4. The van der Waals surface area contributed by atoms with Gasteiger partial charge in [-0.15, -0.1) is 0 Å². The Labute approximate surface area is 354 Å². The molecule has 1 amide bonds. The summed E-state index contributed by atoms with van der Waals surface area (Å²) in [4.78, 5) is 52.9. The number of fused-ring (bicyclic) bond motifs is 1. The molecule has 3 fully saturated rings. The first-order valence-electron chi connectivity index (χ1n) is 21.2. The number of imidazole rings is 1. The standard InChI is InChI=1S/C43H68FN7O9/c1-13-50(19-15-18-49-23-31(47-24-49)30-16-14-17-46-22-30)51-35-27(4)33(45)25(2)21-41(7,56-12)37(59-38-34(52)32(48(10)11)20-26(3)57-38)28(5)36(53)42(8,44)39(54)58-29(6)43(35,9)60-40(51)55/h14,16-17,22-29,32-35,37-38,52H,13,15,18-21,45H2,1-12H3/t25-,26-,27-,28+,29+,32+,33?,34-,35-,37-,38+,41+,42?,43-/m1/s1. The molecule has 2 aromatic heterocycles. The lowest BCUT2D eigenvalue weighted by atomic mass is 9.72. The average Bonchev–Trinajstić information content (AvgIpc) is 3.79. The minimum Gasteiger partial charge on any atom is -0.456 e. The van der Waals surface area contributed by atoms with Crippen molar-refractivity contribution in [2.75, 3.05) is 34.3 Å². The van der Waals surface area contributed by atoms with Crippen LogP contribution in [0.2, 0.25) is 0 Å². The van der Waals surface area contributed by atoms with Crippen LogP contribution in [-0.4, -0.2) is 152 Å². The van der Waals surface area contributed by atoms with E-state index in [0.29, 0.717) is 32.5 Å². The van der Waals surface area contributed by atoms with Gasteiger partial charge in [-0.1, -0.05) is 27.7 Å². The fourth-order valence-corrected chi connectivity index (χ4v) is 9.47. The van der Waals surface area contributed by atoms with E-state index in [2.05, 4.69) is 9.97 Å². The number of amides is 1. The number of carbonyl (C=O) groups excluding carboxylic acids is 3. The largest absolute Gasteiger partial charge is 0.456 e. The van der Waals surface area contributed by atoms with Gasteiger partial charge in [0, 0.05) is 68.9 Å². The van der Waals surface area contributed by atoms with E-state index in [4.69, 9.17) is 29.4 Å². The van der Waals surface area contributed by atoms with Crippen molar-refractivity contribution >= 4 is 17.8 Å². The van der Waals surface area contributed by atoms with Crippen LogP contribution in [-0.2, 0) is 39.8 Å². The third-order valence-electron chi connectivity index (χ3n) is 13.4. The molecule has 0 bridgehead atoms. The molecule has 0 aromatic carbocycles. The number of nitrogens with zero attached hydrogens (tertiary/aromatic N) is 6. The second-order valence-electron chi connectivity index (χ2n) is 17.9. The first kappa shape index (κ1) is 47.5. The normalized spacial score (nSPS) is 38.5. The average molecular weight is 846 g/mol. The summed E-state index contributed by atoms with van der Waals surface area (Å²) in [5.41, 5.74) is 2.91. The lowest BCUT2D eigenvalue weighted by Gasteiger charge is -2.48. The molecule has 5 heterocycles. The zero-order chi connectivity index (χ0) is 44.5.